The molecule has 1 aromatic rings. The van der Waals surface area contributed by atoms with Crippen LogP contribution in [0.15, 0.2) is 24.3 Å². The zero-order valence-corrected chi connectivity index (χ0v) is 10.00. The van der Waals surface area contributed by atoms with Gasteiger partial charge < -0.3 is 0 Å². The highest BCUT2D eigenvalue weighted by Gasteiger charge is 2.15. The Labute approximate surface area is 101 Å². The van der Waals surface area contributed by atoms with Crippen molar-refractivity contribution in [3.8, 4) is 0 Å². The molecule has 1 fully saturated rings. The molecule has 1 aliphatic rings. The smallest absolute Gasteiger partial charge is 0.0162 e. The van der Waals surface area contributed by atoms with Crippen molar-refractivity contribution in [1.82, 2.24) is 0 Å². The van der Waals surface area contributed by atoms with Crippen molar-refractivity contribution in [3.63, 3.8) is 0 Å². The van der Waals surface area contributed by atoms with Gasteiger partial charge in [0.05, 0.1) is 0 Å². The summed E-state index contributed by atoms with van der Waals surface area (Å²) in [6.07, 6.45) is 7.11. The quantitative estimate of drug-likeness (QED) is 0.615. The first-order valence-corrected chi connectivity index (χ1v) is 6.37. The summed E-state index contributed by atoms with van der Waals surface area (Å²) >= 11 is 0. The van der Waals surface area contributed by atoms with Gasteiger partial charge in [0.2, 0.25) is 0 Å². The molecule has 0 spiro atoms. The van der Waals surface area contributed by atoms with Gasteiger partial charge in [-0.15, -0.1) is 0 Å². The van der Waals surface area contributed by atoms with Gasteiger partial charge in [0.1, 0.15) is 0 Å². The average Bonchev–Trinajstić information content (AvgIpc) is 2.30. The molecule has 90 valence electrons. The molecule has 1 aromatic carbocycles. The molecule has 0 unspecified atom stereocenters. The molecule has 2 rings (SSSR count). The van der Waals surface area contributed by atoms with E-state index in [0.717, 1.165) is 5.92 Å². The minimum atomic E-state index is 0. The van der Waals surface area contributed by atoms with E-state index in [2.05, 4.69) is 38.1 Å². The standard InChI is InChI=1S/C15H22.CH4/c1-12(2)14-9-6-10-15(11-14)13-7-4-3-5-8-13;/h6,9-13H,3-5,7-8H2,1-2H3;1H4. The van der Waals surface area contributed by atoms with Crippen LogP contribution in [0.2, 0.25) is 0 Å². The van der Waals surface area contributed by atoms with Crippen LogP contribution >= 0.6 is 0 Å². The van der Waals surface area contributed by atoms with Gasteiger partial charge in [0.15, 0.2) is 0 Å². The van der Waals surface area contributed by atoms with Gasteiger partial charge in [-0.25, -0.2) is 0 Å². The van der Waals surface area contributed by atoms with Crippen molar-refractivity contribution >= 4 is 0 Å². The van der Waals surface area contributed by atoms with Gasteiger partial charge >= 0.3 is 0 Å². The molecule has 0 amide bonds. The highest BCUT2D eigenvalue weighted by molar-refractivity contribution is 5.28. The molecule has 0 radical (unpaired) electrons. The molecule has 0 nitrogen and oxygen atoms in total. The van der Waals surface area contributed by atoms with E-state index in [1.54, 1.807) is 5.56 Å². The second-order valence-corrected chi connectivity index (χ2v) is 5.16. The molecule has 0 heterocycles. The van der Waals surface area contributed by atoms with Crippen LogP contribution in [-0.4, -0.2) is 0 Å². The van der Waals surface area contributed by atoms with Gasteiger partial charge in [-0.1, -0.05) is 64.8 Å². The Balaban J connectivity index is 0.00000128. The van der Waals surface area contributed by atoms with Gasteiger partial charge in [-0.2, -0.15) is 0 Å². The second kappa shape index (κ2) is 6.08. The lowest BCUT2D eigenvalue weighted by molar-refractivity contribution is 0.443. The van der Waals surface area contributed by atoms with E-state index in [4.69, 9.17) is 0 Å². The van der Waals surface area contributed by atoms with E-state index in [1.807, 2.05) is 0 Å². The van der Waals surface area contributed by atoms with E-state index in [9.17, 15) is 0 Å². The third-order valence-electron chi connectivity index (χ3n) is 3.65. The van der Waals surface area contributed by atoms with Gasteiger partial charge in [0, 0.05) is 0 Å². The molecule has 0 heteroatoms. The first kappa shape index (κ1) is 13.3. The van der Waals surface area contributed by atoms with Crippen molar-refractivity contribution in [2.24, 2.45) is 0 Å². The normalized spacial score (nSPS) is 17.2. The predicted molar refractivity (Wildman–Crippen MR) is 73.1 cm³/mol. The number of rotatable bonds is 2. The molecular weight excluding hydrogens is 192 g/mol. The Morgan fingerprint density at radius 1 is 1.06 bits per heavy atom. The largest absolute Gasteiger partial charge is 0.0776 e. The summed E-state index contributed by atoms with van der Waals surface area (Å²) in [4.78, 5) is 0. The van der Waals surface area contributed by atoms with Crippen LogP contribution in [0, 0.1) is 0 Å². The fourth-order valence-corrected chi connectivity index (χ4v) is 2.61. The molecule has 1 aliphatic carbocycles. The Morgan fingerprint density at radius 3 is 2.38 bits per heavy atom. The molecule has 0 aliphatic heterocycles. The van der Waals surface area contributed by atoms with E-state index < -0.39 is 0 Å². The van der Waals surface area contributed by atoms with E-state index in [-0.39, 0.29) is 7.43 Å². The maximum Gasteiger partial charge on any atom is -0.0162 e. The van der Waals surface area contributed by atoms with Gasteiger partial charge in [0.25, 0.3) is 0 Å². The summed E-state index contributed by atoms with van der Waals surface area (Å²) in [5.74, 6) is 1.51. The first-order chi connectivity index (χ1) is 7.27. The molecule has 0 bridgehead atoms. The topological polar surface area (TPSA) is 0 Å². The zero-order chi connectivity index (χ0) is 10.7. The molecular formula is C16H26. The van der Waals surface area contributed by atoms with E-state index in [0.29, 0.717) is 5.92 Å². The monoisotopic (exact) mass is 218 g/mol. The predicted octanol–water partition coefficient (Wildman–Crippen LogP) is 5.49. The number of hydrogen-bond donors (Lipinski definition) is 0. The maximum absolute atomic E-state index is 2.43. The molecule has 0 atom stereocenters. The Morgan fingerprint density at radius 2 is 1.75 bits per heavy atom. The lowest BCUT2D eigenvalue weighted by atomic mass is 9.83. The number of hydrogen-bond acceptors (Lipinski definition) is 0. The summed E-state index contributed by atoms with van der Waals surface area (Å²) in [7, 11) is 0. The van der Waals surface area contributed by atoms with Crippen molar-refractivity contribution in [1.29, 1.82) is 0 Å². The summed E-state index contributed by atoms with van der Waals surface area (Å²) < 4.78 is 0. The highest BCUT2D eigenvalue weighted by atomic mass is 14.2. The van der Waals surface area contributed by atoms with Crippen molar-refractivity contribution in [2.75, 3.05) is 0 Å². The second-order valence-electron chi connectivity index (χ2n) is 5.16. The van der Waals surface area contributed by atoms with Crippen LogP contribution in [0.4, 0.5) is 0 Å². The molecule has 0 N–H and O–H groups in total. The third kappa shape index (κ3) is 3.10. The van der Waals surface area contributed by atoms with E-state index >= 15 is 0 Å². The molecule has 1 saturated carbocycles. The minimum Gasteiger partial charge on any atom is -0.0776 e. The van der Waals surface area contributed by atoms with Crippen molar-refractivity contribution in [2.45, 2.75) is 65.2 Å². The fraction of sp³-hybridized carbons (Fsp3) is 0.625. The molecule has 16 heavy (non-hydrogen) atoms. The van der Waals surface area contributed by atoms with Gasteiger partial charge in [-0.05, 0) is 35.8 Å². The van der Waals surface area contributed by atoms with Crippen LogP contribution in [-0.2, 0) is 0 Å². The van der Waals surface area contributed by atoms with Crippen molar-refractivity contribution in [3.05, 3.63) is 35.4 Å². The average molecular weight is 218 g/mol. The molecule has 0 aromatic heterocycles. The van der Waals surface area contributed by atoms with Gasteiger partial charge in [-0.3, -0.25) is 0 Å². The third-order valence-corrected chi connectivity index (χ3v) is 3.65. The number of benzene rings is 1. The maximum atomic E-state index is 2.43. The van der Waals surface area contributed by atoms with Crippen LogP contribution in [0.25, 0.3) is 0 Å². The lowest BCUT2D eigenvalue weighted by Gasteiger charge is -2.22. The van der Waals surface area contributed by atoms with Crippen molar-refractivity contribution < 1.29 is 0 Å². The SMILES string of the molecule is C.CC(C)c1cccc(C2CCCCC2)c1. The van der Waals surface area contributed by atoms with Crippen LogP contribution in [0.3, 0.4) is 0 Å². The summed E-state index contributed by atoms with van der Waals surface area (Å²) in [6.45, 7) is 4.56. The zero-order valence-electron chi connectivity index (χ0n) is 10.00. The first-order valence-electron chi connectivity index (χ1n) is 6.37. The highest BCUT2D eigenvalue weighted by Crippen LogP contribution is 2.33. The fourth-order valence-electron chi connectivity index (χ4n) is 2.61. The van der Waals surface area contributed by atoms with Crippen LogP contribution in [0.5, 0.6) is 0 Å². The van der Waals surface area contributed by atoms with Crippen LogP contribution < -0.4 is 0 Å². The molecule has 0 saturated heterocycles. The Kier molecular flexibility index (Phi) is 5.05. The lowest BCUT2D eigenvalue weighted by Crippen LogP contribution is -2.05. The Bertz CT molecular complexity index is 306. The summed E-state index contributed by atoms with van der Waals surface area (Å²) in [6, 6.07) is 9.25. The van der Waals surface area contributed by atoms with E-state index in [1.165, 1.54) is 37.7 Å². The minimum absolute atomic E-state index is 0. The van der Waals surface area contributed by atoms with Crippen LogP contribution in [0.1, 0.15) is 76.3 Å². The summed E-state index contributed by atoms with van der Waals surface area (Å²) in [5.41, 5.74) is 3.08. The Hall–Kier alpha value is -0.780. The summed E-state index contributed by atoms with van der Waals surface area (Å²) in [5, 5.41) is 0.